The topological polar surface area (TPSA) is 122 Å². The lowest BCUT2D eigenvalue weighted by atomic mass is 10.2. The number of alkyl halides is 3. The molecule has 2 rings (SSSR count). The molecule has 0 fully saturated rings. The van der Waals surface area contributed by atoms with E-state index in [4.69, 9.17) is 38.2 Å². The molecule has 8 nitrogen and oxygen atoms in total. The average Bonchev–Trinajstić information content (AvgIpc) is 3.16. The van der Waals surface area contributed by atoms with Crippen molar-refractivity contribution >= 4 is 62.6 Å². The molecule has 2 aromatic rings. The molecule has 1 aromatic carbocycles. The molecule has 0 unspecified atom stereocenters. The highest BCUT2D eigenvalue weighted by molar-refractivity contribution is 8.76. The van der Waals surface area contributed by atoms with Crippen molar-refractivity contribution in [2.75, 3.05) is 18.1 Å². The fourth-order valence-electron chi connectivity index (χ4n) is 2.31. The zero-order valence-electron chi connectivity index (χ0n) is 17.6. The van der Waals surface area contributed by atoms with Crippen molar-refractivity contribution in [2.24, 2.45) is 0 Å². The number of aromatic nitrogens is 2. The molecule has 0 bridgehead atoms. The maximum Gasteiger partial charge on any atom is 0.490 e. The third-order valence-corrected chi connectivity index (χ3v) is 6.73. The number of hydrogen-bond donors (Lipinski definition) is 3. The summed E-state index contributed by atoms with van der Waals surface area (Å²) < 4.78 is 33.4. The first kappa shape index (κ1) is 29.9. The van der Waals surface area contributed by atoms with Crippen LogP contribution in [-0.4, -0.2) is 62.1 Å². The first-order valence-corrected chi connectivity index (χ1v) is 12.7. The summed E-state index contributed by atoms with van der Waals surface area (Å²) >= 11 is 12.2. The third kappa shape index (κ3) is 10.0. The van der Waals surface area contributed by atoms with Gasteiger partial charge in [0.05, 0.1) is 34.6 Å². The van der Waals surface area contributed by atoms with Crippen LogP contribution in [0.4, 0.5) is 13.2 Å². The lowest BCUT2D eigenvalue weighted by molar-refractivity contribution is -0.192. The van der Waals surface area contributed by atoms with E-state index in [0.717, 1.165) is 5.69 Å². The Morgan fingerprint density at radius 3 is 2.29 bits per heavy atom. The van der Waals surface area contributed by atoms with E-state index >= 15 is 0 Å². The molecule has 0 radical (unpaired) electrons. The first-order chi connectivity index (χ1) is 15.9. The molecular weight excluding hydrogens is 542 g/mol. The van der Waals surface area contributed by atoms with Gasteiger partial charge in [-0.1, -0.05) is 51.7 Å². The van der Waals surface area contributed by atoms with Crippen LogP contribution in [0, 0.1) is 0 Å². The van der Waals surface area contributed by atoms with E-state index in [0.29, 0.717) is 45.8 Å². The number of hydrogen-bond acceptors (Lipinski definition) is 6. The van der Waals surface area contributed by atoms with Crippen molar-refractivity contribution in [3.8, 4) is 5.69 Å². The molecule has 188 valence electrons. The zero-order valence-corrected chi connectivity index (χ0v) is 20.7. The fourth-order valence-corrected chi connectivity index (χ4v) is 4.69. The predicted octanol–water partition coefficient (Wildman–Crippen LogP) is 4.96. The van der Waals surface area contributed by atoms with Crippen LogP contribution in [0.2, 0.25) is 10.0 Å². The van der Waals surface area contributed by atoms with Crippen molar-refractivity contribution in [2.45, 2.75) is 25.9 Å². The fraction of sp³-hybridized carbons (Fsp3) is 0.368. The first-order valence-electron chi connectivity index (χ1n) is 9.45. The summed E-state index contributed by atoms with van der Waals surface area (Å²) in [6.45, 7) is 2.43. The number of benzene rings is 1. The molecule has 1 heterocycles. The van der Waals surface area contributed by atoms with Gasteiger partial charge in [0, 0.05) is 23.1 Å². The predicted molar refractivity (Wildman–Crippen MR) is 126 cm³/mol. The maximum absolute atomic E-state index is 12.5. The number of amides is 1. The Balaban J connectivity index is 0.000000718. The molecule has 15 heteroatoms. The van der Waals surface area contributed by atoms with Crippen LogP contribution in [0.3, 0.4) is 0 Å². The van der Waals surface area contributed by atoms with Crippen LogP contribution in [0.15, 0.2) is 24.4 Å². The van der Waals surface area contributed by atoms with Crippen molar-refractivity contribution in [3.05, 3.63) is 45.7 Å². The largest absolute Gasteiger partial charge is 0.490 e. The van der Waals surface area contributed by atoms with Crippen LogP contribution in [-0.2, 0) is 16.0 Å². The van der Waals surface area contributed by atoms with Gasteiger partial charge in [0.1, 0.15) is 0 Å². The van der Waals surface area contributed by atoms with Gasteiger partial charge in [0.15, 0.2) is 0 Å². The molecule has 1 aromatic heterocycles. The highest BCUT2D eigenvalue weighted by Crippen LogP contribution is 2.26. The highest BCUT2D eigenvalue weighted by atomic mass is 35.5. The minimum Gasteiger partial charge on any atom is -0.481 e. The Labute approximate surface area is 210 Å². The summed E-state index contributed by atoms with van der Waals surface area (Å²) in [5.74, 6) is -2.52. The molecule has 0 saturated carbocycles. The molecule has 34 heavy (non-hydrogen) atoms. The van der Waals surface area contributed by atoms with Crippen LogP contribution in [0.25, 0.3) is 5.69 Å². The quantitative estimate of drug-likeness (QED) is 0.275. The summed E-state index contributed by atoms with van der Waals surface area (Å²) in [6, 6.07) is 5.13. The number of carbonyl (C=O) groups excluding carboxylic acids is 1. The Bertz CT molecular complexity index is 1010. The van der Waals surface area contributed by atoms with Gasteiger partial charge in [0.25, 0.3) is 5.91 Å². The SMILES string of the molecule is CCc1c(C(=O)NCCSSCCC(=O)O)cnn1-c1ccc(Cl)cc1Cl.O=C(O)C(F)(F)F. The van der Waals surface area contributed by atoms with Gasteiger partial charge >= 0.3 is 18.1 Å². The van der Waals surface area contributed by atoms with Crippen LogP contribution in [0.5, 0.6) is 0 Å². The van der Waals surface area contributed by atoms with Gasteiger partial charge in [-0.3, -0.25) is 9.59 Å². The Kier molecular flexibility index (Phi) is 12.6. The van der Waals surface area contributed by atoms with Gasteiger partial charge in [-0.15, -0.1) is 0 Å². The molecule has 0 atom stereocenters. The smallest absolute Gasteiger partial charge is 0.481 e. The van der Waals surface area contributed by atoms with Crippen LogP contribution in [0.1, 0.15) is 29.4 Å². The summed E-state index contributed by atoms with van der Waals surface area (Å²) in [6.07, 6.45) is -2.80. The van der Waals surface area contributed by atoms with Crippen molar-refractivity contribution < 1.29 is 37.8 Å². The van der Waals surface area contributed by atoms with E-state index < -0.39 is 18.1 Å². The molecule has 0 aliphatic carbocycles. The molecule has 1 amide bonds. The highest BCUT2D eigenvalue weighted by Gasteiger charge is 2.38. The number of nitrogens with zero attached hydrogens (tertiary/aromatic N) is 2. The Morgan fingerprint density at radius 2 is 1.76 bits per heavy atom. The number of nitrogens with one attached hydrogen (secondary N) is 1. The lowest BCUT2D eigenvalue weighted by Crippen LogP contribution is -2.26. The Morgan fingerprint density at radius 1 is 1.15 bits per heavy atom. The minimum atomic E-state index is -5.08. The number of carboxylic acid groups (broad SMARTS) is 2. The standard InChI is InChI=1S/C17H19Cl2N3O3S2.C2HF3O2/c1-2-14-12(17(25)20-6-8-27-26-7-5-16(23)24)10-21-22(14)15-4-3-11(18)9-13(15)19;3-2(4,5)1(6)7/h3-4,9-10H,2,5-8H2,1H3,(H,20,25)(H,23,24);(H,6,7). The second-order valence-electron chi connectivity index (χ2n) is 6.21. The maximum atomic E-state index is 12.5. The summed E-state index contributed by atoms with van der Waals surface area (Å²) in [7, 11) is 3.02. The van der Waals surface area contributed by atoms with Crippen LogP contribution < -0.4 is 5.32 Å². The van der Waals surface area contributed by atoms with E-state index in [1.54, 1.807) is 22.9 Å². The average molecular weight is 562 g/mol. The number of rotatable bonds is 10. The molecule has 0 aliphatic rings. The van der Waals surface area contributed by atoms with Crippen molar-refractivity contribution in [1.82, 2.24) is 15.1 Å². The molecular formula is C19H20Cl2F3N3O5S2. The van der Waals surface area contributed by atoms with E-state index in [9.17, 15) is 22.8 Å². The minimum absolute atomic E-state index is 0.135. The number of aliphatic carboxylic acids is 2. The summed E-state index contributed by atoms with van der Waals surface area (Å²) in [5, 5.41) is 23.9. The molecule has 0 aliphatic heterocycles. The van der Waals surface area contributed by atoms with Gasteiger partial charge in [-0.05, 0) is 24.6 Å². The second kappa shape index (κ2) is 14.3. The van der Waals surface area contributed by atoms with E-state index in [2.05, 4.69) is 10.4 Å². The number of carboxylic acids is 2. The lowest BCUT2D eigenvalue weighted by Gasteiger charge is -2.10. The summed E-state index contributed by atoms with van der Waals surface area (Å²) in [5.41, 5.74) is 1.94. The third-order valence-electron chi connectivity index (χ3n) is 3.78. The van der Waals surface area contributed by atoms with Crippen molar-refractivity contribution in [1.29, 1.82) is 0 Å². The number of carbonyl (C=O) groups is 3. The van der Waals surface area contributed by atoms with E-state index in [1.807, 2.05) is 6.92 Å². The van der Waals surface area contributed by atoms with Crippen molar-refractivity contribution in [3.63, 3.8) is 0 Å². The normalized spacial score (nSPS) is 10.9. The van der Waals surface area contributed by atoms with Crippen LogP contribution >= 0.6 is 44.8 Å². The molecule has 0 spiro atoms. The molecule has 3 N–H and O–H groups in total. The van der Waals surface area contributed by atoms with Gasteiger partial charge < -0.3 is 15.5 Å². The summed E-state index contributed by atoms with van der Waals surface area (Å²) in [4.78, 5) is 31.8. The monoisotopic (exact) mass is 561 g/mol. The van der Waals surface area contributed by atoms with Gasteiger partial charge in [-0.2, -0.15) is 18.3 Å². The number of halogens is 5. The zero-order chi connectivity index (χ0) is 25.9. The van der Waals surface area contributed by atoms with E-state index in [-0.39, 0.29) is 12.3 Å². The Hall–Kier alpha value is -2.09. The van der Waals surface area contributed by atoms with E-state index in [1.165, 1.54) is 27.8 Å². The molecule has 0 saturated heterocycles. The van der Waals surface area contributed by atoms with Gasteiger partial charge in [-0.25, -0.2) is 9.48 Å². The van der Waals surface area contributed by atoms with Gasteiger partial charge in [0.2, 0.25) is 0 Å². The second-order valence-corrected chi connectivity index (χ2v) is 9.76.